The van der Waals surface area contributed by atoms with Gasteiger partial charge in [0.05, 0.1) is 11.1 Å². The molecule has 3 rings (SSSR count). The Morgan fingerprint density at radius 3 is 2.94 bits per heavy atom. The highest BCUT2D eigenvalue weighted by Crippen LogP contribution is 2.21. The van der Waals surface area contributed by atoms with E-state index in [1.165, 1.54) is 6.07 Å². The van der Waals surface area contributed by atoms with E-state index >= 15 is 0 Å². The molecule has 2 aromatic rings. The highest BCUT2D eigenvalue weighted by Gasteiger charge is 2.22. The molecule has 3 nitrogen and oxygen atoms in total. The Hall–Kier alpha value is -1.97. The van der Waals surface area contributed by atoms with Gasteiger partial charge in [-0.1, -0.05) is 6.07 Å². The summed E-state index contributed by atoms with van der Waals surface area (Å²) in [6, 6.07) is 6.67. The maximum absolute atomic E-state index is 13.8. The molecule has 0 radical (unpaired) electrons. The smallest absolute Gasteiger partial charge is 0.254 e. The predicted octanol–water partition coefficient (Wildman–Crippen LogP) is 2.66. The van der Waals surface area contributed by atoms with Crippen molar-refractivity contribution < 1.29 is 9.18 Å². The second kappa shape index (κ2) is 4.37. The molecule has 0 atom stereocenters. The number of nitrogens with one attached hydrogen (secondary N) is 1. The number of halogens is 1. The first kappa shape index (κ1) is 11.1. The molecule has 0 unspecified atom stereocenters. The van der Waals surface area contributed by atoms with E-state index in [-0.39, 0.29) is 17.5 Å². The summed E-state index contributed by atoms with van der Waals surface area (Å²) in [6.07, 6.45) is 4.72. The normalized spacial score (nSPS) is 15.4. The van der Waals surface area contributed by atoms with Gasteiger partial charge in [-0.2, -0.15) is 0 Å². The predicted molar refractivity (Wildman–Crippen MR) is 66.8 cm³/mol. The largest absolute Gasteiger partial charge is 0.349 e. The lowest BCUT2D eigenvalue weighted by atomic mass is 9.93. The summed E-state index contributed by atoms with van der Waals surface area (Å²) in [5.41, 5.74) is 0.664. The first-order valence-corrected chi connectivity index (χ1v) is 6.09. The number of carbonyl (C=O) groups excluding carboxylic acids is 1. The lowest BCUT2D eigenvalue weighted by Gasteiger charge is -2.26. The van der Waals surface area contributed by atoms with E-state index in [1.807, 2.05) is 6.07 Å². The van der Waals surface area contributed by atoms with Gasteiger partial charge >= 0.3 is 0 Å². The molecule has 1 aromatic carbocycles. The maximum Gasteiger partial charge on any atom is 0.254 e. The van der Waals surface area contributed by atoms with Crippen LogP contribution < -0.4 is 5.32 Å². The SMILES string of the molecule is O=C(NC1CCC1)c1cc2cccnc2cc1F. The molecular formula is C14H13FN2O. The van der Waals surface area contributed by atoms with Crippen molar-refractivity contribution in [2.75, 3.05) is 0 Å². The zero-order chi connectivity index (χ0) is 12.5. The number of hydrogen-bond donors (Lipinski definition) is 1. The van der Waals surface area contributed by atoms with Crippen LogP contribution in [-0.2, 0) is 0 Å². The minimum atomic E-state index is -0.516. The average Bonchev–Trinajstić information content (AvgIpc) is 2.32. The van der Waals surface area contributed by atoms with Gasteiger partial charge < -0.3 is 5.32 Å². The van der Waals surface area contributed by atoms with E-state index in [0.717, 1.165) is 24.6 Å². The number of nitrogens with zero attached hydrogens (tertiary/aromatic N) is 1. The van der Waals surface area contributed by atoms with E-state index in [9.17, 15) is 9.18 Å². The molecule has 1 aliphatic rings. The average molecular weight is 244 g/mol. The topological polar surface area (TPSA) is 42.0 Å². The van der Waals surface area contributed by atoms with E-state index in [1.54, 1.807) is 18.3 Å². The second-order valence-corrected chi connectivity index (χ2v) is 4.63. The van der Waals surface area contributed by atoms with Gasteiger partial charge in [0.1, 0.15) is 5.82 Å². The minimum Gasteiger partial charge on any atom is -0.349 e. The van der Waals surface area contributed by atoms with E-state index in [4.69, 9.17) is 0 Å². The van der Waals surface area contributed by atoms with Gasteiger partial charge in [0.25, 0.3) is 5.91 Å². The Morgan fingerprint density at radius 1 is 1.39 bits per heavy atom. The van der Waals surface area contributed by atoms with Crippen molar-refractivity contribution in [2.24, 2.45) is 0 Å². The number of pyridine rings is 1. The molecule has 0 spiro atoms. The minimum absolute atomic E-state index is 0.0994. The molecule has 1 aromatic heterocycles. The van der Waals surface area contributed by atoms with Gasteiger partial charge in [-0.25, -0.2) is 4.39 Å². The molecule has 1 amide bonds. The summed E-state index contributed by atoms with van der Waals surface area (Å²) in [5.74, 6) is -0.846. The van der Waals surface area contributed by atoms with Gasteiger partial charge in [-0.15, -0.1) is 0 Å². The van der Waals surface area contributed by atoms with Crippen molar-refractivity contribution in [1.29, 1.82) is 0 Å². The third-order valence-corrected chi connectivity index (χ3v) is 3.38. The number of carbonyl (C=O) groups is 1. The van der Waals surface area contributed by atoms with Crippen LogP contribution in [0.25, 0.3) is 10.9 Å². The summed E-state index contributed by atoms with van der Waals surface area (Å²) in [5, 5.41) is 3.61. The molecule has 92 valence electrons. The molecule has 0 aliphatic heterocycles. The highest BCUT2D eigenvalue weighted by atomic mass is 19.1. The van der Waals surface area contributed by atoms with Gasteiger partial charge in [-0.05, 0) is 31.4 Å². The fourth-order valence-corrected chi connectivity index (χ4v) is 2.08. The second-order valence-electron chi connectivity index (χ2n) is 4.63. The first-order valence-electron chi connectivity index (χ1n) is 6.09. The summed E-state index contributed by atoms with van der Waals surface area (Å²) >= 11 is 0. The van der Waals surface area contributed by atoms with Crippen LogP contribution in [-0.4, -0.2) is 16.9 Å². The number of amides is 1. The zero-order valence-electron chi connectivity index (χ0n) is 9.82. The van der Waals surface area contributed by atoms with Gasteiger partial charge in [0, 0.05) is 23.7 Å². The molecule has 1 fully saturated rings. The molecule has 1 heterocycles. The van der Waals surface area contributed by atoms with Crippen LogP contribution in [0.3, 0.4) is 0 Å². The third kappa shape index (κ3) is 1.94. The molecule has 1 saturated carbocycles. The van der Waals surface area contributed by atoms with Crippen LogP contribution in [0.15, 0.2) is 30.5 Å². The molecule has 1 N–H and O–H groups in total. The number of benzene rings is 1. The Balaban J connectivity index is 1.94. The molecular weight excluding hydrogens is 231 g/mol. The first-order chi connectivity index (χ1) is 8.74. The highest BCUT2D eigenvalue weighted by molar-refractivity contribution is 5.98. The monoisotopic (exact) mass is 244 g/mol. The molecule has 4 heteroatoms. The fourth-order valence-electron chi connectivity index (χ4n) is 2.08. The summed E-state index contributed by atoms with van der Waals surface area (Å²) < 4.78 is 13.8. The van der Waals surface area contributed by atoms with Gasteiger partial charge in [0.2, 0.25) is 0 Å². The van der Waals surface area contributed by atoms with Crippen molar-refractivity contribution >= 4 is 16.8 Å². The number of rotatable bonds is 2. The van der Waals surface area contributed by atoms with Crippen LogP contribution in [0, 0.1) is 5.82 Å². The third-order valence-electron chi connectivity index (χ3n) is 3.38. The Labute approximate surface area is 104 Å². The van der Waals surface area contributed by atoms with E-state index in [2.05, 4.69) is 10.3 Å². The van der Waals surface area contributed by atoms with E-state index in [0.29, 0.717) is 5.52 Å². The Kier molecular flexibility index (Phi) is 2.70. The summed E-state index contributed by atoms with van der Waals surface area (Å²) in [7, 11) is 0. The standard InChI is InChI=1S/C14H13FN2O/c15-12-8-13-9(3-2-6-16-13)7-11(12)14(18)17-10-4-1-5-10/h2-3,6-8,10H,1,4-5H2,(H,17,18). The number of fused-ring (bicyclic) bond motifs is 1. The molecule has 0 bridgehead atoms. The molecule has 1 aliphatic carbocycles. The van der Waals surface area contributed by atoms with Crippen molar-refractivity contribution in [1.82, 2.24) is 10.3 Å². The molecule has 18 heavy (non-hydrogen) atoms. The zero-order valence-corrected chi connectivity index (χ0v) is 9.82. The lowest BCUT2D eigenvalue weighted by molar-refractivity contribution is 0.0913. The number of aromatic nitrogens is 1. The van der Waals surface area contributed by atoms with Crippen LogP contribution in [0.5, 0.6) is 0 Å². The van der Waals surface area contributed by atoms with Crippen molar-refractivity contribution in [3.05, 3.63) is 41.8 Å². The quantitative estimate of drug-likeness (QED) is 0.882. The maximum atomic E-state index is 13.8. The van der Waals surface area contributed by atoms with Crippen molar-refractivity contribution in [3.8, 4) is 0 Å². The van der Waals surface area contributed by atoms with Crippen molar-refractivity contribution in [2.45, 2.75) is 25.3 Å². The van der Waals surface area contributed by atoms with E-state index < -0.39 is 5.82 Å². The van der Waals surface area contributed by atoms with Crippen LogP contribution in [0.1, 0.15) is 29.6 Å². The van der Waals surface area contributed by atoms with Crippen molar-refractivity contribution in [3.63, 3.8) is 0 Å². The Bertz CT molecular complexity index is 608. The van der Waals surface area contributed by atoms with Gasteiger partial charge in [-0.3, -0.25) is 9.78 Å². The van der Waals surface area contributed by atoms with Crippen LogP contribution >= 0.6 is 0 Å². The van der Waals surface area contributed by atoms with Gasteiger partial charge in [0.15, 0.2) is 0 Å². The fraction of sp³-hybridized carbons (Fsp3) is 0.286. The summed E-state index contributed by atoms with van der Waals surface area (Å²) in [4.78, 5) is 16.0. The number of hydrogen-bond acceptors (Lipinski definition) is 2. The Morgan fingerprint density at radius 2 is 2.22 bits per heavy atom. The molecule has 0 saturated heterocycles. The van der Waals surface area contributed by atoms with Crippen LogP contribution in [0.2, 0.25) is 0 Å². The van der Waals surface area contributed by atoms with Crippen LogP contribution in [0.4, 0.5) is 4.39 Å². The lowest BCUT2D eigenvalue weighted by Crippen LogP contribution is -2.39. The summed E-state index contributed by atoms with van der Waals surface area (Å²) in [6.45, 7) is 0.